The average molecular weight is 382 g/mol. The quantitative estimate of drug-likeness (QED) is 0.285. The van der Waals surface area contributed by atoms with Crippen LogP contribution in [0.1, 0.15) is 34.7 Å². The molecule has 1 aliphatic rings. The van der Waals surface area contributed by atoms with E-state index in [9.17, 15) is 19.8 Å². The molecule has 0 spiro atoms. The molecule has 2 atom stereocenters. The number of aromatic hydroxyl groups is 1. The molecule has 2 aromatic carbocycles. The SMILES string of the molecule is O=C(C=Cc1ccc2c(c1)CCC2N[C@@H](Cc1ccc(O)cc1)C(=O)O)NO. The van der Waals surface area contributed by atoms with Crippen LogP contribution in [0.4, 0.5) is 0 Å². The van der Waals surface area contributed by atoms with Crippen molar-refractivity contribution in [3.63, 3.8) is 0 Å². The molecule has 1 unspecified atom stereocenters. The molecule has 28 heavy (non-hydrogen) atoms. The van der Waals surface area contributed by atoms with Crippen molar-refractivity contribution in [2.24, 2.45) is 0 Å². The Morgan fingerprint density at radius 3 is 2.61 bits per heavy atom. The highest BCUT2D eigenvalue weighted by Crippen LogP contribution is 2.32. The number of benzene rings is 2. The summed E-state index contributed by atoms with van der Waals surface area (Å²) in [6, 6.07) is 11.5. The van der Waals surface area contributed by atoms with Gasteiger partial charge in [0.05, 0.1) is 0 Å². The molecule has 5 N–H and O–H groups in total. The summed E-state index contributed by atoms with van der Waals surface area (Å²) in [6.45, 7) is 0. The number of hydrogen-bond acceptors (Lipinski definition) is 5. The Morgan fingerprint density at radius 2 is 1.93 bits per heavy atom. The van der Waals surface area contributed by atoms with E-state index in [1.54, 1.807) is 35.8 Å². The first kappa shape index (κ1) is 19.6. The van der Waals surface area contributed by atoms with Crippen LogP contribution in [0.2, 0.25) is 0 Å². The molecule has 0 aliphatic heterocycles. The van der Waals surface area contributed by atoms with Gasteiger partial charge in [-0.25, -0.2) is 5.48 Å². The third kappa shape index (κ3) is 4.76. The second-order valence-corrected chi connectivity index (χ2v) is 6.79. The zero-order valence-electron chi connectivity index (χ0n) is 15.1. The Bertz CT molecular complexity index is 892. The average Bonchev–Trinajstić information content (AvgIpc) is 3.09. The fourth-order valence-electron chi connectivity index (χ4n) is 3.45. The van der Waals surface area contributed by atoms with Gasteiger partial charge < -0.3 is 10.2 Å². The molecule has 3 rings (SSSR count). The van der Waals surface area contributed by atoms with Gasteiger partial charge in [-0.2, -0.15) is 0 Å². The van der Waals surface area contributed by atoms with Gasteiger partial charge in [0.25, 0.3) is 5.91 Å². The van der Waals surface area contributed by atoms with E-state index in [0.717, 1.165) is 35.1 Å². The minimum atomic E-state index is -0.920. The first-order valence-electron chi connectivity index (χ1n) is 8.98. The maximum absolute atomic E-state index is 11.7. The number of carbonyl (C=O) groups excluding carboxylic acids is 1. The van der Waals surface area contributed by atoms with Gasteiger partial charge in [-0.1, -0.05) is 30.3 Å². The summed E-state index contributed by atoms with van der Waals surface area (Å²) in [7, 11) is 0. The molecular weight excluding hydrogens is 360 g/mol. The van der Waals surface area contributed by atoms with E-state index in [1.165, 1.54) is 6.08 Å². The van der Waals surface area contributed by atoms with E-state index in [-0.39, 0.29) is 11.8 Å². The van der Waals surface area contributed by atoms with Crippen molar-refractivity contribution in [3.05, 3.63) is 70.8 Å². The third-order valence-electron chi connectivity index (χ3n) is 4.86. The van der Waals surface area contributed by atoms with Gasteiger partial charge in [0.15, 0.2) is 0 Å². The lowest BCUT2D eigenvalue weighted by Gasteiger charge is -2.21. The van der Waals surface area contributed by atoms with Gasteiger partial charge in [-0.15, -0.1) is 0 Å². The molecule has 0 radical (unpaired) electrons. The highest BCUT2D eigenvalue weighted by atomic mass is 16.5. The van der Waals surface area contributed by atoms with Crippen LogP contribution >= 0.6 is 0 Å². The summed E-state index contributed by atoms with van der Waals surface area (Å²) in [5.74, 6) is -1.37. The fourth-order valence-corrected chi connectivity index (χ4v) is 3.45. The van der Waals surface area contributed by atoms with Crippen LogP contribution in [-0.4, -0.2) is 33.3 Å². The van der Waals surface area contributed by atoms with Crippen LogP contribution in [-0.2, 0) is 22.4 Å². The third-order valence-corrected chi connectivity index (χ3v) is 4.86. The molecule has 146 valence electrons. The van der Waals surface area contributed by atoms with E-state index in [0.29, 0.717) is 6.42 Å². The predicted molar refractivity (Wildman–Crippen MR) is 103 cm³/mol. The predicted octanol–water partition coefficient (Wildman–Crippen LogP) is 2.18. The summed E-state index contributed by atoms with van der Waals surface area (Å²) in [5.41, 5.74) is 5.38. The molecule has 0 bridgehead atoms. The number of carbonyl (C=O) groups is 2. The molecule has 7 heteroatoms. The lowest BCUT2D eigenvalue weighted by atomic mass is 10.0. The summed E-state index contributed by atoms with van der Waals surface area (Å²) in [6.07, 6.45) is 4.77. The van der Waals surface area contributed by atoms with Crippen molar-refractivity contribution >= 4 is 18.0 Å². The van der Waals surface area contributed by atoms with Gasteiger partial charge >= 0.3 is 5.97 Å². The molecule has 2 aromatic rings. The highest BCUT2D eigenvalue weighted by Gasteiger charge is 2.28. The summed E-state index contributed by atoms with van der Waals surface area (Å²) in [4.78, 5) is 22.8. The number of carboxylic acid groups (broad SMARTS) is 1. The number of nitrogens with one attached hydrogen (secondary N) is 2. The van der Waals surface area contributed by atoms with Gasteiger partial charge in [-0.05, 0) is 59.7 Å². The molecule has 0 saturated carbocycles. The first-order chi connectivity index (χ1) is 13.5. The number of rotatable bonds is 7. The van der Waals surface area contributed by atoms with Crippen molar-refractivity contribution < 1.29 is 25.0 Å². The number of hydroxylamine groups is 1. The van der Waals surface area contributed by atoms with Gasteiger partial charge in [0.1, 0.15) is 11.8 Å². The Balaban J connectivity index is 1.71. The zero-order chi connectivity index (χ0) is 20.1. The Morgan fingerprint density at radius 1 is 1.18 bits per heavy atom. The number of aryl methyl sites for hydroxylation is 1. The number of phenols is 1. The Hall–Kier alpha value is -3.16. The summed E-state index contributed by atoms with van der Waals surface area (Å²) in [5, 5.41) is 30.7. The van der Waals surface area contributed by atoms with Crippen LogP contribution in [0.3, 0.4) is 0 Å². The minimum absolute atomic E-state index is 0.0630. The number of phenolic OH excluding ortho intramolecular Hbond substituents is 1. The van der Waals surface area contributed by atoms with E-state index in [2.05, 4.69) is 5.32 Å². The molecule has 0 aromatic heterocycles. The van der Waals surface area contributed by atoms with Gasteiger partial charge in [0.2, 0.25) is 0 Å². The van der Waals surface area contributed by atoms with E-state index in [1.807, 2.05) is 18.2 Å². The smallest absolute Gasteiger partial charge is 0.321 e. The highest BCUT2D eigenvalue weighted by molar-refractivity contribution is 5.90. The minimum Gasteiger partial charge on any atom is -0.508 e. The van der Waals surface area contributed by atoms with Crippen molar-refractivity contribution in [3.8, 4) is 5.75 Å². The Kier molecular flexibility index (Phi) is 6.08. The van der Waals surface area contributed by atoms with Crippen LogP contribution in [0.25, 0.3) is 6.08 Å². The van der Waals surface area contributed by atoms with Crippen molar-refractivity contribution in [2.45, 2.75) is 31.3 Å². The largest absolute Gasteiger partial charge is 0.508 e. The maximum atomic E-state index is 11.7. The van der Waals surface area contributed by atoms with Crippen LogP contribution in [0, 0.1) is 0 Å². The zero-order valence-corrected chi connectivity index (χ0v) is 15.1. The van der Waals surface area contributed by atoms with Crippen LogP contribution in [0.15, 0.2) is 48.5 Å². The van der Waals surface area contributed by atoms with E-state index < -0.39 is 17.9 Å². The maximum Gasteiger partial charge on any atom is 0.321 e. The van der Waals surface area contributed by atoms with Crippen LogP contribution in [0.5, 0.6) is 5.75 Å². The molecule has 0 fully saturated rings. The molecule has 0 heterocycles. The lowest BCUT2D eigenvalue weighted by Crippen LogP contribution is -2.40. The molecular formula is C21H22N2O5. The number of fused-ring (bicyclic) bond motifs is 1. The topological polar surface area (TPSA) is 119 Å². The van der Waals surface area contributed by atoms with E-state index in [4.69, 9.17) is 5.21 Å². The summed E-state index contributed by atoms with van der Waals surface area (Å²) < 4.78 is 0. The van der Waals surface area contributed by atoms with Gasteiger partial charge in [0, 0.05) is 12.1 Å². The lowest BCUT2D eigenvalue weighted by molar-refractivity contribution is -0.139. The monoisotopic (exact) mass is 382 g/mol. The van der Waals surface area contributed by atoms with E-state index >= 15 is 0 Å². The number of aliphatic carboxylic acids is 1. The van der Waals surface area contributed by atoms with Crippen molar-refractivity contribution in [1.29, 1.82) is 0 Å². The van der Waals surface area contributed by atoms with Crippen molar-refractivity contribution in [2.75, 3.05) is 0 Å². The number of carboxylic acids is 1. The summed E-state index contributed by atoms with van der Waals surface area (Å²) >= 11 is 0. The molecule has 0 saturated heterocycles. The van der Waals surface area contributed by atoms with Gasteiger partial charge in [-0.3, -0.25) is 20.1 Å². The van der Waals surface area contributed by atoms with Crippen LogP contribution < -0.4 is 10.8 Å². The second-order valence-electron chi connectivity index (χ2n) is 6.79. The fraction of sp³-hybridized carbons (Fsp3) is 0.238. The molecule has 7 nitrogen and oxygen atoms in total. The molecule has 1 amide bonds. The molecule has 1 aliphatic carbocycles. The van der Waals surface area contributed by atoms with Crippen molar-refractivity contribution in [1.82, 2.24) is 10.8 Å². The standard InChI is InChI=1S/C21H22N2O5/c24-16-6-1-14(2-7-16)12-19(21(26)27)22-18-9-5-15-11-13(3-8-17(15)18)4-10-20(25)23-28/h1-4,6-8,10-11,18-19,22,24,28H,5,9,12H2,(H,23,25)(H,26,27)/t18?,19-/m0/s1. The second kappa shape index (κ2) is 8.69. The number of hydrogen-bond donors (Lipinski definition) is 5. The Labute approximate surface area is 162 Å². The first-order valence-corrected chi connectivity index (χ1v) is 8.98. The normalized spacial score (nSPS) is 16.7. The number of amides is 1.